The van der Waals surface area contributed by atoms with Crippen LogP contribution < -0.4 is 5.32 Å². The molecule has 0 spiro atoms. The second kappa shape index (κ2) is 6.36. The molecular formula is C14H20N4. The Bertz CT molecular complexity index is 418. The first kappa shape index (κ1) is 12.8. The summed E-state index contributed by atoms with van der Waals surface area (Å²) in [5, 5.41) is 12.2. The van der Waals surface area contributed by atoms with Crippen LogP contribution in [-0.2, 0) is 0 Å². The van der Waals surface area contributed by atoms with Crippen molar-refractivity contribution in [2.75, 3.05) is 31.5 Å². The monoisotopic (exact) mass is 244 g/mol. The van der Waals surface area contributed by atoms with Crippen molar-refractivity contribution in [3.63, 3.8) is 0 Å². The molecule has 1 atom stereocenters. The van der Waals surface area contributed by atoms with Crippen LogP contribution in [0.25, 0.3) is 0 Å². The highest BCUT2D eigenvalue weighted by Gasteiger charge is 2.14. The number of hydrogen-bond donors (Lipinski definition) is 1. The highest BCUT2D eigenvalue weighted by atomic mass is 15.1. The van der Waals surface area contributed by atoms with E-state index < -0.39 is 0 Å². The summed E-state index contributed by atoms with van der Waals surface area (Å²) in [6.45, 7) is 6.85. The molecule has 1 aromatic rings. The third-order valence-electron chi connectivity index (χ3n) is 3.30. The van der Waals surface area contributed by atoms with E-state index in [1.54, 1.807) is 12.3 Å². The second-order valence-electron chi connectivity index (χ2n) is 5.04. The van der Waals surface area contributed by atoms with Crippen LogP contribution in [0.2, 0.25) is 0 Å². The van der Waals surface area contributed by atoms with Gasteiger partial charge in [0.1, 0.15) is 11.8 Å². The summed E-state index contributed by atoms with van der Waals surface area (Å²) in [6.07, 6.45) is 4.36. The third kappa shape index (κ3) is 3.71. The molecule has 0 amide bonds. The third-order valence-corrected chi connectivity index (χ3v) is 3.30. The molecule has 1 aliphatic heterocycles. The fraction of sp³-hybridized carbons (Fsp3) is 0.571. The number of aromatic nitrogens is 1. The van der Waals surface area contributed by atoms with Crippen molar-refractivity contribution in [1.29, 1.82) is 5.26 Å². The lowest BCUT2D eigenvalue weighted by Gasteiger charge is -2.20. The first-order valence-corrected chi connectivity index (χ1v) is 6.60. The predicted molar refractivity (Wildman–Crippen MR) is 72.3 cm³/mol. The van der Waals surface area contributed by atoms with E-state index in [4.69, 9.17) is 5.26 Å². The maximum Gasteiger partial charge on any atom is 0.142 e. The van der Waals surface area contributed by atoms with Crippen molar-refractivity contribution in [3.8, 4) is 6.07 Å². The first-order valence-electron chi connectivity index (χ1n) is 6.60. The second-order valence-corrected chi connectivity index (χ2v) is 5.04. The molecule has 0 aliphatic carbocycles. The number of hydrogen-bond acceptors (Lipinski definition) is 4. The fourth-order valence-electron chi connectivity index (χ4n) is 2.36. The van der Waals surface area contributed by atoms with Gasteiger partial charge in [0.05, 0.1) is 0 Å². The van der Waals surface area contributed by atoms with Gasteiger partial charge in [0.2, 0.25) is 0 Å². The van der Waals surface area contributed by atoms with E-state index in [0.29, 0.717) is 11.6 Å². The van der Waals surface area contributed by atoms with Crippen LogP contribution in [-0.4, -0.2) is 36.1 Å². The van der Waals surface area contributed by atoms with E-state index in [-0.39, 0.29) is 0 Å². The zero-order chi connectivity index (χ0) is 12.8. The molecule has 4 heteroatoms. The Morgan fingerprint density at radius 2 is 2.28 bits per heavy atom. The Balaban J connectivity index is 1.77. The number of rotatable bonds is 5. The zero-order valence-corrected chi connectivity index (χ0v) is 10.9. The van der Waals surface area contributed by atoms with Crippen molar-refractivity contribution in [3.05, 3.63) is 24.0 Å². The van der Waals surface area contributed by atoms with Crippen LogP contribution in [0.15, 0.2) is 18.3 Å². The van der Waals surface area contributed by atoms with Gasteiger partial charge in [0.25, 0.3) is 0 Å². The minimum absolute atomic E-state index is 0.465. The highest BCUT2D eigenvalue weighted by molar-refractivity contribution is 5.45. The van der Waals surface area contributed by atoms with Gasteiger partial charge < -0.3 is 10.2 Å². The fourth-order valence-corrected chi connectivity index (χ4v) is 2.36. The van der Waals surface area contributed by atoms with E-state index in [9.17, 15) is 0 Å². The quantitative estimate of drug-likeness (QED) is 0.861. The Kier molecular flexibility index (Phi) is 4.54. The minimum Gasteiger partial charge on any atom is -0.385 e. The maximum atomic E-state index is 8.78. The number of likely N-dealkylation sites (tertiary alicyclic amines) is 1. The summed E-state index contributed by atoms with van der Waals surface area (Å²) >= 11 is 0. The molecule has 1 unspecified atom stereocenters. The molecule has 1 aliphatic rings. The van der Waals surface area contributed by atoms with Gasteiger partial charge in [-0.05, 0) is 44.0 Å². The van der Waals surface area contributed by atoms with E-state index in [0.717, 1.165) is 18.8 Å². The molecule has 0 saturated carbocycles. The van der Waals surface area contributed by atoms with Crippen LogP contribution in [0.1, 0.15) is 25.5 Å². The molecule has 0 bridgehead atoms. The van der Waals surface area contributed by atoms with Crippen molar-refractivity contribution in [2.45, 2.75) is 19.8 Å². The van der Waals surface area contributed by atoms with Crippen molar-refractivity contribution >= 4 is 5.69 Å². The topological polar surface area (TPSA) is 52.0 Å². The summed E-state index contributed by atoms with van der Waals surface area (Å²) < 4.78 is 0. The summed E-state index contributed by atoms with van der Waals surface area (Å²) in [5.74, 6) is 0.613. The van der Waals surface area contributed by atoms with Crippen LogP contribution in [0.3, 0.4) is 0 Å². The van der Waals surface area contributed by atoms with E-state index in [2.05, 4.69) is 28.2 Å². The van der Waals surface area contributed by atoms with Gasteiger partial charge in [-0.2, -0.15) is 5.26 Å². The number of pyridine rings is 1. The number of nitriles is 1. The molecule has 1 aromatic heterocycles. The molecule has 1 fully saturated rings. The highest BCUT2D eigenvalue weighted by Crippen LogP contribution is 2.12. The first-order chi connectivity index (χ1) is 8.78. The molecule has 0 radical (unpaired) electrons. The van der Waals surface area contributed by atoms with Gasteiger partial charge in [-0.1, -0.05) is 6.92 Å². The molecule has 4 nitrogen and oxygen atoms in total. The summed E-state index contributed by atoms with van der Waals surface area (Å²) in [6, 6.07) is 5.75. The molecule has 1 N–H and O–H groups in total. The van der Waals surface area contributed by atoms with Crippen molar-refractivity contribution in [1.82, 2.24) is 9.88 Å². The lowest BCUT2D eigenvalue weighted by atomic mass is 10.1. The average molecular weight is 244 g/mol. The van der Waals surface area contributed by atoms with Gasteiger partial charge in [0, 0.05) is 25.0 Å². The van der Waals surface area contributed by atoms with Gasteiger partial charge >= 0.3 is 0 Å². The van der Waals surface area contributed by atoms with E-state index in [1.807, 2.05) is 6.07 Å². The van der Waals surface area contributed by atoms with Gasteiger partial charge in [-0.25, -0.2) is 4.98 Å². The molecule has 18 heavy (non-hydrogen) atoms. The molecule has 2 heterocycles. The van der Waals surface area contributed by atoms with Crippen molar-refractivity contribution < 1.29 is 0 Å². The Morgan fingerprint density at radius 3 is 3.00 bits per heavy atom. The number of nitrogens with one attached hydrogen (secondary N) is 1. The Morgan fingerprint density at radius 1 is 1.50 bits per heavy atom. The zero-order valence-electron chi connectivity index (χ0n) is 10.9. The molecular weight excluding hydrogens is 224 g/mol. The minimum atomic E-state index is 0.465. The molecule has 2 rings (SSSR count). The van der Waals surface area contributed by atoms with Crippen LogP contribution in [0.4, 0.5) is 5.69 Å². The standard InChI is InChI=1S/C14H20N4/c1-12(11-18-6-2-3-7-18)10-17-13-4-5-16-14(8-13)9-15/h4-5,8,12H,2-3,6-7,10-11H2,1H3,(H,16,17). The van der Waals surface area contributed by atoms with Gasteiger partial charge in [-0.3, -0.25) is 0 Å². The molecule has 1 saturated heterocycles. The summed E-state index contributed by atoms with van der Waals surface area (Å²) in [7, 11) is 0. The average Bonchev–Trinajstić information content (AvgIpc) is 2.89. The lowest BCUT2D eigenvalue weighted by molar-refractivity contribution is 0.294. The van der Waals surface area contributed by atoms with E-state index >= 15 is 0 Å². The summed E-state index contributed by atoms with van der Waals surface area (Å²) in [5.41, 5.74) is 1.45. The smallest absolute Gasteiger partial charge is 0.142 e. The van der Waals surface area contributed by atoms with E-state index in [1.165, 1.54) is 25.9 Å². The predicted octanol–water partition coefficient (Wildman–Crippen LogP) is 2.10. The normalized spacial score (nSPS) is 17.3. The SMILES string of the molecule is CC(CNc1ccnc(C#N)c1)CN1CCCC1. The number of anilines is 1. The Hall–Kier alpha value is -1.60. The van der Waals surface area contributed by atoms with Crippen LogP contribution in [0.5, 0.6) is 0 Å². The maximum absolute atomic E-state index is 8.78. The lowest BCUT2D eigenvalue weighted by Crippen LogP contribution is -2.28. The molecule has 96 valence electrons. The van der Waals surface area contributed by atoms with Crippen LogP contribution in [0, 0.1) is 17.2 Å². The largest absolute Gasteiger partial charge is 0.385 e. The van der Waals surface area contributed by atoms with Gasteiger partial charge in [-0.15, -0.1) is 0 Å². The summed E-state index contributed by atoms with van der Waals surface area (Å²) in [4.78, 5) is 6.49. The van der Waals surface area contributed by atoms with Crippen LogP contribution >= 0.6 is 0 Å². The van der Waals surface area contributed by atoms with Gasteiger partial charge in [0.15, 0.2) is 0 Å². The number of nitrogens with zero attached hydrogens (tertiary/aromatic N) is 3. The molecule has 0 aromatic carbocycles. The Labute approximate surface area is 109 Å². The van der Waals surface area contributed by atoms with Crippen molar-refractivity contribution in [2.24, 2.45) is 5.92 Å².